The van der Waals surface area contributed by atoms with E-state index in [0.717, 1.165) is 12.1 Å². The summed E-state index contributed by atoms with van der Waals surface area (Å²) in [6, 6.07) is 35.7. The van der Waals surface area contributed by atoms with Crippen LogP contribution >= 0.6 is 0 Å². The molecule has 0 aliphatic carbocycles. The third-order valence-corrected chi connectivity index (χ3v) is 7.24. The summed E-state index contributed by atoms with van der Waals surface area (Å²) in [5, 5.41) is 40.1. The van der Waals surface area contributed by atoms with Gasteiger partial charge >= 0.3 is 0 Å². The van der Waals surface area contributed by atoms with E-state index in [9.17, 15) is 57.2 Å². The molecule has 0 unspecified atom stereocenters. The van der Waals surface area contributed by atoms with Crippen LogP contribution in [-0.4, -0.2) is 53.8 Å². The van der Waals surface area contributed by atoms with Gasteiger partial charge in [-0.15, -0.1) is 0 Å². The molecular weight excluding hydrogens is 1030 g/mol. The second kappa shape index (κ2) is 29.0. The molecule has 0 amide bonds. The zero-order valence-corrected chi connectivity index (χ0v) is 35.5. The normalized spacial score (nSPS) is 9.29. The summed E-state index contributed by atoms with van der Waals surface area (Å²) in [4.78, 5) is 62.1. The second-order valence-electron chi connectivity index (χ2n) is 11.7. The Bertz CT molecular complexity index is 2390. The van der Waals surface area contributed by atoms with Gasteiger partial charge in [-0.1, -0.05) is 36.4 Å². The van der Waals surface area contributed by atoms with Crippen molar-refractivity contribution in [3.8, 4) is 22.5 Å². The molecule has 0 fully saturated rings. The van der Waals surface area contributed by atoms with Gasteiger partial charge in [-0.25, -0.2) is 17.6 Å². The zero-order chi connectivity index (χ0) is 46.7. The van der Waals surface area contributed by atoms with Gasteiger partial charge in [-0.05, 0) is 97.1 Å². The Balaban J connectivity index is 0.000000271. The van der Waals surface area contributed by atoms with E-state index in [-0.39, 0.29) is 42.9 Å². The number of carbonyl (C=O) groups is 4. The summed E-state index contributed by atoms with van der Waals surface area (Å²) in [6.07, 6.45) is 8.77. The summed E-state index contributed by atoms with van der Waals surface area (Å²) in [5.41, 5.74) is 1.51. The minimum Gasteiger partial charge on any atom is -0.543 e. The van der Waals surface area contributed by atoms with Crippen molar-refractivity contribution < 1.29 is 77.3 Å². The van der Waals surface area contributed by atoms with Crippen LogP contribution in [0.25, 0.3) is 22.5 Å². The van der Waals surface area contributed by atoms with E-state index in [2.05, 4.69) is 29.9 Å². The molecule has 19 heteroatoms. The standard InChI is InChI=1S/2C11H7F2N.4C6H5NO2.Ir/c2*12-8-4-5-9(10(13)7-8)11-3-1-2-6-14-11;4*8-6(9)5-3-1-2-4-7-5;/h2*1-7H;4*1-4H,(H,8,9);/p-4. The first-order valence-electron chi connectivity index (χ1n) is 18.0. The molecule has 0 aliphatic rings. The average Bonchev–Trinajstić information content (AvgIpc) is 3.32. The Morgan fingerprint density at radius 1 is 0.338 bits per heavy atom. The summed E-state index contributed by atoms with van der Waals surface area (Å²) in [6.45, 7) is 0. The Kier molecular flexibility index (Phi) is 23.5. The van der Waals surface area contributed by atoms with Gasteiger partial charge in [0.1, 0.15) is 23.3 Å². The van der Waals surface area contributed by atoms with Crippen LogP contribution < -0.4 is 20.4 Å². The number of carbonyl (C=O) groups excluding carboxylic acids is 4. The first-order chi connectivity index (χ1) is 30.8. The van der Waals surface area contributed by atoms with Crippen LogP contribution in [0.15, 0.2) is 183 Å². The predicted octanol–water partition coefficient (Wildman–Crippen LogP) is 3.83. The molecule has 0 bridgehead atoms. The predicted molar refractivity (Wildman–Crippen MR) is 213 cm³/mol. The minimum absolute atomic E-state index is 0. The van der Waals surface area contributed by atoms with Gasteiger partial charge in [0.25, 0.3) is 0 Å². The number of carboxylic acids is 4. The average molecular weight is 1060 g/mol. The van der Waals surface area contributed by atoms with E-state index in [1.807, 2.05) is 0 Å². The smallest absolute Gasteiger partial charge is 0.135 e. The van der Waals surface area contributed by atoms with E-state index in [0.29, 0.717) is 22.5 Å². The fourth-order valence-corrected chi connectivity index (χ4v) is 4.37. The fraction of sp³-hybridized carbons (Fsp3) is 0. The van der Waals surface area contributed by atoms with Gasteiger partial charge < -0.3 is 39.6 Å². The van der Waals surface area contributed by atoms with Crippen LogP contribution in [0, 0.1) is 23.3 Å². The number of hydrogen-bond donors (Lipinski definition) is 0. The summed E-state index contributed by atoms with van der Waals surface area (Å²) in [5.74, 6) is -7.31. The monoisotopic (exact) mass is 1060 g/mol. The van der Waals surface area contributed by atoms with Gasteiger partial charge in [0, 0.05) is 80.5 Å². The molecule has 6 heterocycles. The summed E-state index contributed by atoms with van der Waals surface area (Å²) >= 11 is 0. The molecule has 8 rings (SSSR count). The number of aromatic nitrogens is 6. The summed E-state index contributed by atoms with van der Waals surface area (Å²) in [7, 11) is 0. The SMILES string of the molecule is Fc1ccc(-c2ccccn2)c(F)c1.Fc1ccc(-c2ccccn2)c(F)c1.O=C([O-])c1ccccn1.O=C([O-])c1ccccn1.O=C([O-])c1ccccn1.O=C([O-])c1ccccn1.[Ir]. The van der Waals surface area contributed by atoms with Crippen molar-refractivity contribution in [3.05, 3.63) is 229 Å². The number of pyridine rings is 6. The molecule has 6 aromatic heterocycles. The van der Waals surface area contributed by atoms with Crippen molar-refractivity contribution in [2.24, 2.45) is 0 Å². The van der Waals surface area contributed by atoms with Gasteiger partial charge in [0.2, 0.25) is 0 Å². The van der Waals surface area contributed by atoms with Crippen molar-refractivity contribution >= 4 is 23.9 Å². The third-order valence-electron chi connectivity index (χ3n) is 7.24. The third kappa shape index (κ3) is 19.9. The van der Waals surface area contributed by atoms with E-state index in [1.54, 1.807) is 97.3 Å². The Hall–Kier alpha value is -8.41. The van der Waals surface area contributed by atoms with Crippen LogP contribution in [0.4, 0.5) is 17.6 Å². The van der Waals surface area contributed by atoms with Crippen LogP contribution in [0.3, 0.4) is 0 Å². The molecule has 8 aromatic rings. The topological polar surface area (TPSA) is 238 Å². The molecule has 0 aliphatic heterocycles. The minimum atomic E-state index is -1.24. The number of hydrogen-bond acceptors (Lipinski definition) is 14. The van der Waals surface area contributed by atoms with E-state index in [1.165, 1.54) is 73.3 Å². The van der Waals surface area contributed by atoms with E-state index >= 15 is 0 Å². The zero-order valence-electron chi connectivity index (χ0n) is 33.1. The molecule has 2 aromatic carbocycles. The summed E-state index contributed by atoms with van der Waals surface area (Å²) < 4.78 is 51.7. The molecule has 333 valence electrons. The van der Waals surface area contributed by atoms with Gasteiger partial charge in [-0.3, -0.25) is 29.9 Å². The molecule has 14 nitrogen and oxygen atoms in total. The molecule has 1 radical (unpaired) electrons. The molecule has 0 atom stereocenters. The first kappa shape index (κ1) is 52.7. The number of halogens is 4. The molecule has 0 N–H and O–H groups in total. The Morgan fingerprint density at radius 3 is 0.754 bits per heavy atom. The second-order valence-corrected chi connectivity index (χ2v) is 11.7. The van der Waals surface area contributed by atoms with Crippen molar-refractivity contribution in [1.82, 2.24) is 29.9 Å². The number of rotatable bonds is 6. The Labute approximate surface area is 381 Å². The molecule has 0 spiro atoms. The molecular formula is C46H30F4IrN6O8-4. The molecule has 0 saturated heterocycles. The molecule has 65 heavy (non-hydrogen) atoms. The Morgan fingerprint density at radius 2 is 0.585 bits per heavy atom. The van der Waals surface area contributed by atoms with Gasteiger partial charge in [0.05, 0.1) is 58.0 Å². The maximum Gasteiger partial charge on any atom is 0.135 e. The first-order valence-corrected chi connectivity index (χ1v) is 18.0. The van der Waals surface area contributed by atoms with Crippen LogP contribution in [0.2, 0.25) is 0 Å². The van der Waals surface area contributed by atoms with Gasteiger partial charge in [-0.2, -0.15) is 0 Å². The van der Waals surface area contributed by atoms with E-state index in [4.69, 9.17) is 0 Å². The van der Waals surface area contributed by atoms with Crippen LogP contribution in [-0.2, 0) is 20.1 Å². The van der Waals surface area contributed by atoms with Crippen LogP contribution in [0.5, 0.6) is 0 Å². The van der Waals surface area contributed by atoms with Crippen molar-refractivity contribution in [2.45, 2.75) is 0 Å². The van der Waals surface area contributed by atoms with Gasteiger partial charge in [0.15, 0.2) is 0 Å². The van der Waals surface area contributed by atoms with Crippen molar-refractivity contribution in [2.75, 3.05) is 0 Å². The quantitative estimate of drug-likeness (QED) is 0.215. The largest absolute Gasteiger partial charge is 0.543 e. The molecule has 0 saturated carbocycles. The number of nitrogens with zero attached hydrogens (tertiary/aromatic N) is 6. The van der Waals surface area contributed by atoms with E-state index < -0.39 is 47.1 Å². The number of benzene rings is 2. The van der Waals surface area contributed by atoms with Crippen LogP contribution in [0.1, 0.15) is 42.0 Å². The maximum absolute atomic E-state index is 13.3. The number of carboxylic acid groups (broad SMARTS) is 4. The van der Waals surface area contributed by atoms with Crippen molar-refractivity contribution in [3.63, 3.8) is 0 Å². The maximum atomic E-state index is 13.3. The fourth-order valence-electron chi connectivity index (χ4n) is 4.37. The van der Waals surface area contributed by atoms with Crippen molar-refractivity contribution in [1.29, 1.82) is 0 Å². The number of aromatic carboxylic acids is 4.